The van der Waals surface area contributed by atoms with Crippen molar-refractivity contribution in [3.05, 3.63) is 88.2 Å². The number of thiazole rings is 1. The van der Waals surface area contributed by atoms with E-state index < -0.39 is 0 Å². The highest BCUT2D eigenvalue weighted by Gasteiger charge is 2.23. The summed E-state index contributed by atoms with van der Waals surface area (Å²) in [5.74, 6) is -0.0217. The highest BCUT2D eigenvalue weighted by atomic mass is 32.1. The Morgan fingerprint density at radius 3 is 2.61 bits per heavy atom. The molecule has 0 saturated heterocycles. The van der Waals surface area contributed by atoms with Gasteiger partial charge in [-0.3, -0.25) is 14.7 Å². The maximum absolute atomic E-state index is 13.7. The zero-order chi connectivity index (χ0) is 21.4. The molecule has 0 fully saturated rings. The molecule has 5 rings (SSSR count). The average molecular weight is 428 g/mol. The minimum Gasteiger partial charge on any atom is -0.278 e. The number of carbonyl (C=O) groups is 1. The molecule has 2 aromatic heterocycles. The van der Waals surface area contributed by atoms with Gasteiger partial charge in [-0.15, -0.1) is 0 Å². The topological polar surface area (TPSA) is 46.1 Å². The van der Waals surface area contributed by atoms with E-state index in [0.717, 1.165) is 34.3 Å². The molecule has 4 aromatic rings. The van der Waals surface area contributed by atoms with E-state index >= 15 is 0 Å². The van der Waals surface area contributed by atoms with Gasteiger partial charge in [-0.05, 0) is 98.2 Å². The lowest BCUT2D eigenvalue weighted by Crippen LogP contribution is -2.31. The minimum absolute atomic E-state index is 0.0217. The van der Waals surface area contributed by atoms with Crippen LogP contribution in [0.2, 0.25) is 0 Å². The molecule has 0 aliphatic heterocycles. The van der Waals surface area contributed by atoms with Crippen LogP contribution in [-0.4, -0.2) is 15.9 Å². The van der Waals surface area contributed by atoms with Crippen LogP contribution in [0.3, 0.4) is 0 Å². The number of anilines is 1. The molecule has 5 heteroatoms. The second-order valence-electron chi connectivity index (χ2n) is 8.30. The number of amides is 1. The molecular weight excluding hydrogens is 402 g/mol. The van der Waals surface area contributed by atoms with Gasteiger partial charge in [0.2, 0.25) is 0 Å². The highest BCUT2D eigenvalue weighted by molar-refractivity contribution is 7.22. The van der Waals surface area contributed by atoms with Crippen molar-refractivity contribution >= 4 is 32.6 Å². The van der Waals surface area contributed by atoms with Crippen LogP contribution in [0.25, 0.3) is 10.2 Å². The third kappa shape index (κ3) is 3.98. The fourth-order valence-electron chi connectivity index (χ4n) is 4.19. The molecule has 31 heavy (non-hydrogen) atoms. The van der Waals surface area contributed by atoms with Gasteiger partial charge in [0.1, 0.15) is 0 Å². The van der Waals surface area contributed by atoms with E-state index in [1.807, 2.05) is 24.3 Å². The molecule has 2 aromatic carbocycles. The summed E-state index contributed by atoms with van der Waals surface area (Å²) in [6.07, 6.45) is 6.35. The van der Waals surface area contributed by atoms with E-state index in [2.05, 4.69) is 43.1 Å². The zero-order valence-corrected chi connectivity index (χ0v) is 18.7. The molecule has 0 spiro atoms. The number of nitrogens with zero attached hydrogens (tertiary/aromatic N) is 3. The van der Waals surface area contributed by atoms with Gasteiger partial charge in [-0.25, -0.2) is 4.98 Å². The van der Waals surface area contributed by atoms with Crippen LogP contribution in [-0.2, 0) is 19.4 Å². The summed E-state index contributed by atoms with van der Waals surface area (Å²) >= 11 is 1.57. The number of hydrogen-bond donors (Lipinski definition) is 0. The van der Waals surface area contributed by atoms with E-state index in [-0.39, 0.29) is 5.91 Å². The van der Waals surface area contributed by atoms with E-state index in [1.165, 1.54) is 35.1 Å². The van der Waals surface area contributed by atoms with Crippen molar-refractivity contribution in [3.8, 4) is 0 Å². The summed E-state index contributed by atoms with van der Waals surface area (Å²) < 4.78 is 1.10. The first-order valence-electron chi connectivity index (χ1n) is 10.8. The molecule has 0 atom stereocenters. The van der Waals surface area contributed by atoms with Gasteiger partial charge in [-0.2, -0.15) is 0 Å². The molecular formula is C26H25N3OS. The number of aryl methyl sites for hydroxylation is 4. The average Bonchev–Trinajstić information content (AvgIpc) is 3.20. The molecule has 0 radical (unpaired) electrons. The molecule has 0 N–H and O–H groups in total. The van der Waals surface area contributed by atoms with Crippen LogP contribution in [0.4, 0.5) is 5.13 Å². The predicted octanol–water partition coefficient (Wildman–Crippen LogP) is 6.03. The summed E-state index contributed by atoms with van der Waals surface area (Å²) in [5.41, 5.74) is 7.65. The summed E-state index contributed by atoms with van der Waals surface area (Å²) in [5, 5.41) is 0.716. The highest BCUT2D eigenvalue weighted by Crippen LogP contribution is 2.33. The lowest BCUT2D eigenvalue weighted by molar-refractivity contribution is 0.0984. The van der Waals surface area contributed by atoms with Crippen LogP contribution in [0, 0.1) is 13.8 Å². The molecule has 1 amide bonds. The lowest BCUT2D eigenvalue weighted by atomic mass is 9.90. The van der Waals surface area contributed by atoms with E-state index in [1.54, 1.807) is 22.4 Å². The fraction of sp³-hybridized carbons (Fsp3) is 0.269. The van der Waals surface area contributed by atoms with E-state index in [9.17, 15) is 4.79 Å². The van der Waals surface area contributed by atoms with E-state index in [4.69, 9.17) is 4.98 Å². The third-order valence-corrected chi connectivity index (χ3v) is 7.15. The largest absolute Gasteiger partial charge is 0.278 e. The Bertz CT molecular complexity index is 1220. The third-order valence-electron chi connectivity index (χ3n) is 6.11. The van der Waals surface area contributed by atoms with Crippen LogP contribution in [0.5, 0.6) is 0 Å². The van der Waals surface area contributed by atoms with Crippen molar-refractivity contribution in [1.82, 2.24) is 9.97 Å². The van der Waals surface area contributed by atoms with Gasteiger partial charge >= 0.3 is 0 Å². The normalized spacial score (nSPS) is 13.2. The van der Waals surface area contributed by atoms with Crippen molar-refractivity contribution in [2.24, 2.45) is 0 Å². The Morgan fingerprint density at radius 1 is 1.00 bits per heavy atom. The Kier molecular flexibility index (Phi) is 5.28. The van der Waals surface area contributed by atoms with Crippen LogP contribution < -0.4 is 4.90 Å². The minimum atomic E-state index is -0.0217. The summed E-state index contributed by atoms with van der Waals surface area (Å²) in [6.45, 7) is 4.60. The number of carbonyl (C=O) groups excluding carboxylic acids is 1. The molecule has 1 aliphatic carbocycles. The summed E-state index contributed by atoms with van der Waals surface area (Å²) in [4.78, 5) is 24.8. The summed E-state index contributed by atoms with van der Waals surface area (Å²) in [6, 6.07) is 16.3. The van der Waals surface area contributed by atoms with Crippen LogP contribution >= 0.6 is 11.3 Å². The molecule has 1 aliphatic rings. The molecule has 0 unspecified atom stereocenters. The zero-order valence-electron chi connectivity index (χ0n) is 17.9. The van der Waals surface area contributed by atoms with Gasteiger partial charge in [0.15, 0.2) is 5.13 Å². The predicted molar refractivity (Wildman–Crippen MR) is 127 cm³/mol. The maximum atomic E-state index is 13.7. The van der Waals surface area contributed by atoms with Gasteiger partial charge in [0, 0.05) is 11.8 Å². The number of benzene rings is 2. The van der Waals surface area contributed by atoms with Gasteiger partial charge < -0.3 is 0 Å². The first-order valence-corrected chi connectivity index (χ1v) is 11.6. The van der Waals surface area contributed by atoms with Crippen LogP contribution in [0.1, 0.15) is 51.1 Å². The molecule has 0 bridgehead atoms. The van der Waals surface area contributed by atoms with Crippen molar-refractivity contribution in [2.75, 3.05) is 4.90 Å². The van der Waals surface area contributed by atoms with Crippen molar-refractivity contribution in [2.45, 2.75) is 46.1 Å². The lowest BCUT2D eigenvalue weighted by Gasteiger charge is -2.21. The Hall–Kier alpha value is -3.05. The molecule has 4 nitrogen and oxygen atoms in total. The molecule has 2 heterocycles. The van der Waals surface area contributed by atoms with Crippen LogP contribution in [0.15, 0.2) is 54.7 Å². The van der Waals surface area contributed by atoms with Crippen molar-refractivity contribution < 1.29 is 4.79 Å². The summed E-state index contributed by atoms with van der Waals surface area (Å²) in [7, 11) is 0. The Balaban J connectivity index is 1.56. The van der Waals surface area contributed by atoms with Crippen molar-refractivity contribution in [3.63, 3.8) is 0 Å². The molecule has 0 saturated carbocycles. The number of rotatable bonds is 4. The maximum Gasteiger partial charge on any atom is 0.260 e. The van der Waals surface area contributed by atoms with Crippen molar-refractivity contribution in [1.29, 1.82) is 0 Å². The number of fused-ring (bicyclic) bond motifs is 2. The number of pyridine rings is 1. The second-order valence-corrected chi connectivity index (χ2v) is 9.31. The smallest absolute Gasteiger partial charge is 0.260 e. The molecule has 156 valence electrons. The van der Waals surface area contributed by atoms with E-state index in [0.29, 0.717) is 11.7 Å². The Labute approximate surface area is 186 Å². The number of hydrogen-bond acceptors (Lipinski definition) is 4. The van der Waals surface area contributed by atoms with Gasteiger partial charge in [-0.1, -0.05) is 23.5 Å². The monoisotopic (exact) mass is 427 g/mol. The SMILES string of the molecule is Cc1cc2nc(N(Cc3ccccn3)C(=O)c3ccc4c(c3)CCCC4)sc2cc1C. The Morgan fingerprint density at radius 2 is 1.81 bits per heavy atom. The van der Waals surface area contributed by atoms with Gasteiger partial charge in [0.25, 0.3) is 5.91 Å². The number of aromatic nitrogens is 2. The standard InChI is InChI=1S/C26H25N3OS/c1-17-13-23-24(14-18(17)2)31-26(28-23)29(16-22-9-5-6-12-27-22)25(30)21-11-10-19-7-3-4-8-20(19)15-21/h5-6,9-15H,3-4,7-8,16H2,1-2H3. The fourth-order valence-corrected chi connectivity index (χ4v) is 5.23. The quantitative estimate of drug-likeness (QED) is 0.399. The first-order chi connectivity index (χ1) is 15.1. The first kappa shape index (κ1) is 19.9. The van der Waals surface area contributed by atoms with Gasteiger partial charge in [0.05, 0.1) is 22.5 Å². The second kappa shape index (κ2) is 8.23.